The number of alkyl halides is 7. The zero-order chi connectivity index (χ0) is 16.5. The van der Waals surface area contributed by atoms with Gasteiger partial charge in [-0.25, -0.2) is 0 Å². The second-order valence-corrected chi connectivity index (χ2v) is 5.14. The van der Waals surface area contributed by atoms with Crippen molar-refractivity contribution < 1.29 is 26.3 Å². The SMILES string of the molecule is FC(F)(F)c1ccc(-c2ccc(C(F)(F)F)cc2CBr)cc1. The monoisotopic (exact) mass is 382 g/mol. The molecular formula is C15H9BrF6. The number of hydrogen-bond donors (Lipinski definition) is 0. The molecule has 0 amide bonds. The number of benzene rings is 2. The van der Waals surface area contributed by atoms with E-state index in [0.717, 1.165) is 24.3 Å². The standard InChI is InChI=1S/C15H9BrF6/c16-8-10-7-12(15(20,21)22)5-6-13(10)9-1-3-11(4-2-9)14(17,18)19/h1-7H,8H2. The van der Waals surface area contributed by atoms with Crippen molar-refractivity contribution in [1.82, 2.24) is 0 Å². The van der Waals surface area contributed by atoms with Gasteiger partial charge in [-0.3, -0.25) is 0 Å². The van der Waals surface area contributed by atoms with Crippen molar-refractivity contribution in [2.75, 3.05) is 0 Å². The average Bonchev–Trinajstić information content (AvgIpc) is 2.45. The molecule has 0 saturated carbocycles. The van der Waals surface area contributed by atoms with Crippen LogP contribution >= 0.6 is 15.9 Å². The molecular weight excluding hydrogens is 374 g/mol. The van der Waals surface area contributed by atoms with Gasteiger partial charge >= 0.3 is 12.4 Å². The summed E-state index contributed by atoms with van der Waals surface area (Å²) in [6, 6.07) is 7.48. The Hall–Kier alpha value is -1.50. The van der Waals surface area contributed by atoms with Gasteiger partial charge in [0, 0.05) is 5.33 Å². The first kappa shape index (κ1) is 16.9. The Bertz CT molecular complexity index is 655. The van der Waals surface area contributed by atoms with Gasteiger partial charge in [-0.05, 0) is 41.0 Å². The summed E-state index contributed by atoms with van der Waals surface area (Å²) in [6.07, 6.45) is -8.91. The normalized spacial score (nSPS) is 12.5. The Morgan fingerprint density at radius 1 is 0.727 bits per heavy atom. The molecule has 0 unspecified atom stereocenters. The maximum absolute atomic E-state index is 12.7. The molecule has 0 saturated heterocycles. The first-order valence-corrected chi connectivity index (χ1v) is 7.19. The Balaban J connectivity index is 2.44. The van der Waals surface area contributed by atoms with Gasteiger partial charge in [-0.2, -0.15) is 26.3 Å². The maximum atomic E-state index is 12.7. The van der Waals surface area contributed by atoms with Crippen molar-refractivity contribution in [1.29, 1.82) is 0 Å². The lowest BCUT2D eigenvalue weighted by Crippen LogP contribution is -2.06. The fourth-order valence-corrected chi connectivity index (χ4v) is 2.46. The minimum absolute atomic E-state index is 0.160. The lowest BCUT2D eigenvalue weighted by Gasteiger charge is -2.13. The van der Waals surface area contributed by atoms with Crippen LogP contribution < -0.4 is 0 Å². The summed E-state index contributed by atoms with van der Waals surface area (Å²) in [5.74, 6) is 0. The van der Waals surface area contributed by atoms with Crippen LogP contribution in [-0.4, -0.2) is 0 Å². The third-order valence-electron chi connectivity index (χ3n) is 3.10. The molecule has 2 rings (SSSR count). The maximum Gasteiger partial charge on any atom is 0.416 e. The lowest BCUT2D eigenvalue weighted by molar-refractivity contribution is -0.138. The van der Waals surface area contributed by atoms with E-state index in [-0.39, 0.29) is 5.33 Å². The van der Waals surface area contributed by atoms with Gasteiger partial charge in [-0.15, -0.1) is 0 Å². The molecule has 0 bridgehead atoms. The molecule has 7 heteroatoms. The Labute approximate surface area is 130 Å². The molecule has 0 aliphatic rings. The predicted molar refractivity (Wildman–Crippen MR) is 74.5 cm³/mol. The molecule has 0 heterocycles. The van der Waals surface area contributed by atoms with E-state index in [2.05, 4.69) is 15.9 Å². The van der Waals surface area contributed by atoms with Gasteiger partial charge in [0.25, 0.3) is 0 Å². The molecule has 0 radical (unpaired) electrons. The summed E-state index contributed by atoms with van der Waals surface area (Å²) in [5.41, 5.74) is -0.356. The highest BCUT2D eigenvalue weighted by atomic mass is 79.9. The van der Waals surface area contributed by atoms with Crippen LogP contribution in [0.15, 0.2) is 42.5 Å². The van der Waals surface area contributed by atoms with Gasteiger partial charge in [0.2, 0.25) is 0 Å². The third kappa shape index (κ3) is 3.63. The fourth-order valence-electron chi connectivity index (χ4n) is 2.00. The molecule has 2 aromatic rings. The largest absolute Gasteiger partial charge is 0.416 e. The molecule has 0 fully saturated rings. The van der Waals surface area contributed by atoms with Crippen LogP contribution in [0.5, 0.6) is 0 Å². The molecule has 0 N–H and O–H groups in total. The first-order chi connectivity index (χ1) is 10.1. The van der Waals surface area contributed by atoms with Crippen molar-refractivity contribution in [3.05, 3.63) is 59.2 Å². The highest BCUT2D eigenvalue weighted by Crippen LogP contribution is 2.35. The average molecular weight is 383 g/mol. The highest BCUT2D eigenvalue weighted by molar-refractivity contribution is 9.08. The summed E-state index contributed by atoms with van der Waals surface area (Å²) < 4.78 is 75.6. The van der Waals surface area contributed by atoms with Crippen molar-refractivity contribution >= 4 is 15.9 Å². The van der Waals surface area contributed by atoms with Gasteiger partial charge in [0.1, 0.15) is 0 Å². The van der Waals surface area contributed by atoms with Crippen molar-refractivity contribution in [2.24, 2.45) is 0 Å². The molecule has 118 valence electrons. The summed E-state index contributed by atoms with van der Waals surface area (Å²) in [4.78, 5) is 0. The number of rotatable bonds is 2. The lowest BCUT2D eigenvalue weighted by atomic mass is 9.97. The molecule has 22 heavy (non-hydrogen) atoms. The van der Waals surface area contributed by atoms with E-state index in [1.54, 1.807) is 0 Å². The van der Waals surface area contributed by atoms with Crippen LogP contribution in [0.2, 0.25) is 0 Å². The second-order valence-electron chi connectivity index (χ2n) is 4.58. The van der Waals surface area contributed by atoms with Crippen molar-refractivity contribution in [3.8, 4) is 11.1 Å². The van der Waals surface area contributed by atoms with Crippen LogP contribution in [0.3, 0.4) is 0 Å². The van der Waals surface area contributed by atoms with Crippen LogP contribution in [0, 0.1) is 0 Å². The van der Waals surface area contributed by atoms with Crippen LogP contribution in [0.1, 0.15) is 16.7 Å². The van der Waals surface area contributed by atoms with Crippen LogP contribution in [0.25, 0.3) is 11.1 Å². The highest BCUT2D eigenvalue weighted by Gasteiger charge is 2.31. The van der Waals surface area contributed by atoms with E-state index in [4.69, 9.17) is 0 Å². The fraction of sp³-hybridized carbons (Fsp3) is 0.200. The molecule has 0 atom stereocenters. The smallest absolute Gasteiger partial charge is 0.166 e. The minimum atomic E-state index is -4.46. The van der Waals surface area contributed by atoms with E-state index >= 15 is 0 Å². The number of halogens is 7. The van der Waals surface area contributed by atoms with Gasteiger partial charge in [0.15, 0.2) is 0 Å². The van der Waals surface area contributed by atoms with E-state index in [0.29, 0.717) is 16.7 Å². The van der Waals surface area contributed by atoms with E-state index in [1.165, 1.54) is 18.2 Å². The summed E-state index contributed by atoms with van der Waals surface area (Å²) in [7, 11) is 0. The van der Waals surface area contributed by atoms with Crippen LogP contribution in [0.4, 0.5) is 26.3 Å². The summed E-state index contributed by atoms with van der Waals surface area (Å²) in [5, 5.41) is 0.160. The predicted octanol–water partition coefficient (Wildman–Crippen LogP) is 6.29. The zero-order valence-corrected chi connectivity index (χ0v) is 12.5. The quantitative estimate of drug-likeness (QED) is 0.423. The third-order valence-corrected chi connectivity index (χ3v) is 3.70. The van der Waals surface area contributed by atoms with Crippen molar-refractivity contribution in [2.45, 2.75) is 17.7 Å². The molecule has 0 spiro atoms. The van der Waals surface area contributed by atoms with Gasteiger partial charge in [0.05, 0.1) is 11.1 Å². The first-order valence-electron chi connectivity index (χ1n) is 6.06. The second kappa shape index (κ2) is 5.95. The van der Waals surface area contributed by atoms with E-state index < -0.39 is 23.5 Å². The topological polar surface area (TPSA) is 0 Å². The summed E-state index contributed by atoms with van der Waals surface area (Å²) >= 11 is 3.11. The molecule has 0 aromatic heterocycles. The van der Waals surface area contributed by atoms with Gasteiger partial charge < -0.3 is 0 Å². The molecule has 0 aliphatic carbocycles. The van der Waals surface area contributed by atoms with E-state index in [1.807, 2.05) is 0 Å². The summed E-state index contributed by atoms with van der Waals surface area (Å²) in [6.45, 7) is 0. The molecule has 0 aliphatic heterocycles. The van der Waals surface area contributed by atoms with Gasteiger partial charge in [-0.1, -0.05) is 34.1 Å². The Morgan fingerprint density at radius 2 is 1.23 bits per heavy atom. The molecule has 0 nitrogen and oxygen atoms in total. The van der Waals surface area contributed by atoms with E-state index in [9.17, 15) is 26.3 Å². The minimum Gasteiger partial charge on any atom is -0.166 e. The molecule has 2 aromatic carbocycles. The Kier molecular flexibility index (Phi) is 4.56. The zero-order valence-electron chi connectivity index (χ0n) is 10.9. The Morgan fingerprint density at radius 3 is 1.68 bits per heavy atom. The van der Waals surface area contributed by atoms with Crippen LogP contribution in [-0.2, 0) is 17.7 Å². The number of hydrogen-bond acceptors (Lipinski definition) is 0. The van der Waals surface area contributed by atoms with Crippen molar-refractivity contribution in [3.63, 3.8) is 0 Å².